The number of hydrogen-bond donors (Lipinski definition) is 2. The molecule has 0 bridgehead atoms. The molecule has 0 aliphatic carbocycles. The zero-order valence-corrected chi connectivity index (χ0v) is 26.4. The summed E-state index contributed by atoms with van der Waals surface area (Å²) >= 11 is 6.69. The molecule has 1 saturated heterocycles. The van der Waals surface area contributed by atoms with E-state index in [4.69, 9.17) is 0 Å². The van der Waals surface area contributed by atoms with Crippen LogP contribution in [0.5, 0.6) is 0 Å². The molecular weight excluding hydrogens is 581 g/mol. The topological polar surface area (TPSA) is 118 Å². The highest BCUT2D eigenvalue weighted by Gasteiger charge is 2.53. The SMILES string of the molecule is CCS[C@@H]1[C@@H]([C@@H](C)O)C(=O)N1C(C(=O)S)=C(Sc1ccc(CC)cc1)C(=O)C(C)(C)CCc1ccc([N+](=O)[O-])cc1. The summed E-state index contributed by atoms with van der Waals surface area (Å²) in [6.07, 6.45) is 0.811. The van der Waals surface area contributed by atoms with Crippen molar-refractivity contribution in [3.05, 3.63) is 80.4 Å². The zero-order valence-electron chi connectivity index (χ0n) is 23.8. The van der Waals surface area contributed by atoms with Gasteiger partial charge in [-0.05, 0) is 55.2 Å². The Morgan fingerprint density at radius 3 is 2.17 bits per heavy atom. The molecule has 1 aliphatic heterocycles. The number of thioether (sulfide) groups is 2. The van der Waals surface area contributed by atoms with Crippen LogP contribution in [0.4, 0.5) is 5.69 Å². The molecule has 0 radical (unpaired) electrons. The van der Waals surface area contributed by atoms with Gasteiger partial charge in [0.25, 0.3) is 5.69 Å². The van der Waals surface area contributed by atoms with E-state index in [1.807, 2.05) is 38.1 Å². The van der Waals surface area contributed by atoms with E-state index < -0.39 is 38.8 Å². The van der Waals surface area contributed by atoms with E-state index in [0.717, 1.165) is 34.2 Å². The summed E-state index contributed by atoms with van der Waals surface area (Å²) < 4.78 is 0. The fraction of sp³-hybridized carbons (Fsp3) is 0.433. The van der Waals surface area contributed by atoms with Crippen molar-refractivity contribution in [3.8, 4) is 0 Å². The van der Waals surface area contributed by atoms with Crippen LogP contribution in [-0.2, 0) is 27.2 Å². The molecule has 2 aromatic rings. The van der Waals surface area contributed by atoms with Gasteiger partial charge in [-0.2, -0.15) is 0 Å². The second-order valence-corrected chi connectivity index (χ2v) is 13.4. The monoisotopic (exact) mass is 616 g/mol. The highest BCUT2D eigenvalue weighted by molar-refractivity contribution is 8.04. The van der Waals surface area contributed by atoms with Gasteiger partial charge in [-0.3, -0.25) is 29.4 Å². The number of aliphatic hydroxyl groups is 1. The number of carbonyl (C=O) groups is 3. The summed E-state index contributed by atoms with van der Waals surface area (Å²) in [4.78, 5) is 53.4. The number of likely N-dealkylation sites (tertiary alicyclic amines) is 1. The number of non-ortho nitro benzene ring substituents is 1. The third-order valence-corrected chi connectivity index (χ3v) is 9.64. The van der Waals surface area contributed by atoms with Crippen molar-refractivity contribution in [2.24, 2.45) is 11.3 Å². The van der Waals surface area contributed by atoms with Gasteiger partial charge in [-0.1, -0.05) is 76.4 Å². The number of β-lactam (4-membered cyclic amide) rings is 1. The normalized spacial score (nSPS) is 18.4. The van der Waals surface area contributed by atoms with Crippen molar-refractivity contribution in [1.82, 2.24) is 4.90 Å². The summed E-state index contributed by atoms with van der Waals surface area (Å²) in [7, 11) is 0. The smallest absolute Gasteiger partial charge is 0.269 e. The van der Waals surface area contributed by atoms with E-state index in [-0.39, 0.29) is 22.1 Å². The van der Waals surface area contributed by atoms with Gasteiger partial charge in [0.05, 0.1) is 27.2 Å². The Kier molecular flexibility index (Phi) is 11.3. The number of aryl methyl sites for hydroxylation is 2. The Morgan fingerprint density at radius 2 is 1.68 bits per heavy atom. The van der Waals surface area contributed by atoms with Crippen molar-refractivity contribution in [3.63, 3.8) is 0 Å². The molecular formula is C30H36N2O6S3. The number of nitro groups is 1. The number of Topliss-reactive ketones (excluding diaryl/α,β-unsaturated/α-hetero) is 1. The summed E-state index contributed by atoms with van der Waals surface area (Å²) in [6, 6.07) is 13.9. The maximum absolute atomic E-state index is 14.3. The average Bonchev–Trinajstić information content (AvgIpc) is 2.93. The van der Waals surface area contributed by atoms with Crippen LogP contribution in [0.15, 0.2) is 64.0 Å². The molecule has 1 N–H and O–H groups in total. The number of amides is 1. The van der Waals surface area contributed by atoms with Crippen LogP contribution in [0.25, 0.3) is 0 Å². The van der Waals surface area contributed by atoms with Crippen LogP contribution in [0, 0.1) is 21.4 Å². The maximum atomic E-state index is 14.3. The van der Waals surface area contributed by atoms with Crippen LogP contribution < -0.4 is 0 Å². The van der Waals surface area contributed by atoms with Gasteiger partial charge in [0, 0.05) is 22.4 Å². The van der Waals surface area contributed by atoms with Gasteiger partial charge in [0.1, 0.15) is 5.70 Å². The number of aliphatic hydroxyl groups excluding tert-OH is 1. The van der Waals surface area contributed by atoms with Crippen molar-refractivity contribution in [2.75, 3.05) is 5.75 Å². The Labute approximate surface area is 254 Å². The number of allylic oxidation sites excluding steroid dienone is 1. The maximum Gasteiger partial charge on any atom is 0.269 e. The van der Waals surface area contributed by atoms with E-state index in [1.165, 1.54) is 28.8 Å². The standard InChI is InChI=1S/C30H36N2O6S3/c1-6-19-10-14-22(15-11-19)41-25(24(29(36)39)31-27(35)23(18(3)33)28(31)40-7-2)26(34)30(4,5)17-16-20-8-12-21(13-9-20)32(37)38/h8-15,18,23,28,33H,6-7,16-17H2,1-5H3,(H,36,39)/t18-,23+,28-/m1/s1. The molecule has 220 valence electrons. The van der Waals surface area contributed by atoms with E-state index in [0.29, 0.717) is 18.6 Å². The van der Waals surface area contributed by atoms with Crippen LogP contribution in [0.3, 0.4) is 0 Å². The second kappa shape index (κ2) is 14.0. The number of nitrogens with zero attached hydrogens (tertiary/aromatic N) is 2. The quantitative estimate of drug-likeness (QED) is 0.0657. The number of hydrogen-bond acceptors (Lipinski definition) is 8. The molecule has 1 aliphatic rings. The predicted molar refractivity (Wildman–Crippen MR) is 167 cm³/mol. The molecule has 0 aromatic heterocycles. The van der Waals surface area contributed by atoms with E-state index in [2.05, 4.69) is 12.6 Å². The number of nitro benzene ring substituents is 1. The molecule has 2 aromatic carbocycles. The lowest BCUT2D eigenvalue weighted by atomic mass is 9.81. The summed E-state index contributed by atoms with van der Waals surface area (Å²) in [5.74, 6) is -0.779. The number of rotatable bonds is 14. The second-order valence-electron chi connectivity index (χ2n) is 10.5. The molecule has 1 amide bonds. The van der Waals surface area contributed by atoms with Crippen LogP contribution in [0.1, 0.15) is 52.2 Å². The van der Waals surface area contributed by atoms with Crippen molar-refractivity contribution in [1.29, 1.82) is 0 Å². The fourth-order valence-electron chi connectivity index (χ4n) is 4.60. The van der Waals surface area contributed by atoms with Gasteiger partial charge >= 0.3 is 0 Å². The zero-order chi connectivity index (χ0) is 30.5. The third kappa shape index (κ3) is 7.63. The van der Waals surface area contributed by atoms with E-state index >= 15 is 0 Å². The first kappa shape index (κ1) is 32.9. The van der Waals surface area contributed by atoms with Gasteiger partial charge in [-0.25, -0.2) is 0 Å². The minimum absolute atomic E-state index is 0.00838. The van der Waals surface area contributed by atoms with Crippen molar-refractivity contribution in [2.45, 2.75) is 70.3 Å². The highest BCUT2D eigenvalue weighted by Crippen LogP contribution is 2.45. The molecule has 8 nitrogen and oxygen atoms in total. The minimum atomic E-state index is -0.951. The molecule has 0 spiro atoms. The number of thiol groups is 1. The Bertz CT molecular complexity index is 1320. The van der Waals surface area contributed by atoms with Crippen LogP contribution in [0.2, 0.25) is 0 Å². The minimum Gasteiger partial charge on any atom is -0.392 e. The first-order valence-corrected chi connectivity index (χ1v) is 15.8. The largest absolute Gasteiger partial charge is 0.392 e. The van der Waals surface area contributed by atoms with Gasteiger partial charge < -0.3 is 5.11 Å². The van der Waals surface area contributed by atoms with E-state index in [1.54, 1.807) is 32.9 Å². The van der Waals surface area contributed by atoms with Gasteiger partial charge in [-0.15, -0.1) is 11.8 Å². The Hall–Kier alpha value is -2.60. The van der Waals surface area contributed by atoms with Gasteiger partial charge in [0.2, 0.25) is 11.0 Å². The fourth-order valence-corrected chi connectivity index (χ4v) is 7.31. The number of ketones is 1. The first-order chi connectivity index (χ1) is 19.3. The molecule has 1 heterocycles. The summed E-state index contributed by atoms with van der Waals surface area (Å²) in [5, 5.41) is 20.1. The lowest BCUT2D eigenvalue weighted by molar-refractivity contribution is -0.384. The molecule has 3 rings (SSSR count). The third-order valence-electron chi connectivity index (χ3n) is 7.16. The average molecular weight is 617 g/mol. The lowest BCUT2D eigenvalue weighted by Crippen LogP contribution is -2.63. The number of benzene rings is 2. The summed E-state index contributed by atoms with van der Waals surface area (Å²) in [6.45, 7) is 9.09. The Morgan fingerprint density at radius 1 is 1.10 bits per heavy atom. The predicted octanol–water partition coefficient (Wildman–Crippen LogP) is 6.06. The van der Waals surface area contributed by atoms with Crippen molar-refractivity contribution >= 4 is 58.6 Å². The van der Waals surface area contributed by atoms with E-state index in [9.17, 15) is 29.6 Å². The van der Waals surface area contributed by atoms with Crippen molar-refractivity contribution < 1.29 is 24.4 Å². The molecule has 3 atom stereocenters. The number of carbonyl (C=O) groups excluding carboxylic acids is 3. The Balaban J connectivity index is 2.04. The van der Waals surface area contributed by atoms with Gasteiger partial charge in [0.15, 0.2) is 5.78 Å². The first-order valence-electron chi connectivity index (χ1n) is 13.5. The van der Waals surface area contributed by atoms with Crippen LogP contribution in [-0.4, -0.2) is 49.0 Å². The molecule has 0 unspecified atom stereocenters. The molecule has 1 fully saturated rings. The lowest BCUT2D eigenvalue weighted by Gasteiger charge is -2.48. The molecule has 41 heavy (non-hydrogen) atoms. The molecule has 0 saturated carbocycles. The van der Waals surface area contributed by atoms with Crippen LogP contribution >= 0.6 is 36.2 Å². The highest BCUT2D eigenvalue weighted by atomic mass is 32.2. The molecule has 11 heteroatoms. The summed E-state index contributed by atoms with van der Waals surface area (Å²) in [5.41, 5.74) is 0.933.